The van der Waals surface area contributed by atoms with Crippen LogP contribution in [0.1, 0.15) is 44.2 Å². The highest BCUT2D eigenvalue weighted by Gasteiger charge is 2.50. The predicted molar refractivity (Wildman–Crippen MR) is 83.0 cm³/mol. The van der Waals surface area contributed by atoms with E-state index in [0.29, 0.717) is 6.61 Å². The summed E-state index contributed by atoms with van der Waals surface area (Å²) in [4.78, 5) is 15.0. The summed E-state index contributed by atoms with van der Waals surface area (Å²) in [5.41, 5.74) is 2.71. The van der Waals surface area contributed by atoms with E-state index in [4.69, 9.17) is 4.74 Å². The van der Waals surface area contributed by atoms with Gasteiger partial charge < -0.3 is 9.64 Å². The fourth-order valence-corrected chi connectivity index (χ4v) is 3.50. The van der Waals surface area contributed by atoms with Gasteiger partial charge in [-0.15, -0.1) is 0 Å². The van der Waals surface area contributed by atoms with Crippen LogP contribution in [0, 0.1) is 5.41 Å². The van der Waals surface area contributed by atoms with Gasteiger partial charge in [0.25, 0.3) is 0 Å². The normalized spacial score (nSPS) is 19.5. The third-order valence-electron chi connectivity index (χ3n) is 5.09. The van der Waals surface area contributed by atoms with Crippen LogP contribution in [0.15, 0.2) is 24.3 Å². The maximum Gasteiger partial charge on any atom is 0.228 e. The van der Waals surface area contributed by atoms with Crippen molar-refractivity contribution in [2.45, 2.75) is 45.1 Å². The molecule has 2 aliphatic rings. The molecule has 1 aromatic carbocycles. The van der Waals surface area contributed by atoms with E-state index in [-0.39, 0.29) is 16.7 Å². The molecule has 21 heavy (non-hydrogen) atoms. The third-order valence-corrected chi connectivity index (χ3v) is 5.09. The summed E-state index contributed by atoms with van der Waals surface area (Å²) in [6, 6.07) is 8.63. The third kappa shape index (κ3) is 2.59. The van der Waals surface area contributed by atoms with Crippen LogP contribution in [-0.2, 0) is 21.5 Å². The van der Waals surface area contributed by atoms with Crippen molar-refractivity contribution in [3.63, 3.8) is 0 Å². The Morgan fingerprint density at radius 1 is 1.33 bits per heavy atom. The molecule has 0 atom stereocenters. The minimum atomic E-state index is -0.349. The van der Waals surface area contributed by atoms with Gasteiger partial charge in [-0.2, -0.15) is 0 Å². The van der Waals surface area contributed by atoms with Gasteiger partial charge in [-0.25, -0.2) is 0 Å². The Morgan fingerprint density at radius 3 is 2.71 bits per heavy atom. The summed E-state index contributed by atoms with van der Waals surface area (Å²) in [5, 5.41) is 0. The molecule has 0 N–H and O–H groups in total. The zero-order chi connectivity index (χ0) is 15.1. The van der Waals surface area contributed by atoms with Gasteiger partial charge in [0.2, 0.25) is 5.91 Å². The van der Waals surface area contributed by atoms with Gasteiger partial charge in [-0.1, -0.05) is 38.1 Å². The number of rotatable bonds is 4. The van der Waals surface area contributed by atoms with Crippen LogP contribution in [0.5, 0.6) is 0 Å². The summed E-state index contributed by atoms with van der Waals surface area (Å²) in [5.74, 6) is 0.264. The highest BCUT2D eigenvalue weighted by molar-refractivity contribution is 5.82. The number of hydrogen-bond acceptors (Lipinski definition) is 2. The summed E-state index contributed by atoms with van der Waals surface area (Å²) in [6.07, 6.45) is 3.20. The first kappa shape index (κ1) is 14.6. The van der Waals surface area contributed by atoms with Crippen LogP contribution in [0.3, 0.4) is 0 Å². The van der Waals surface area contributed by atoms with Crippen molar-refractivity contribution in [1.29, 1.82) is 0 Å². The van der Waals surface area contributed by atoms with E-state index in [9.17, 15) is 4.79 Å². The van der Waals surface area contributed by atoms with Crippen molar-refractivity contribution in [3.8, 4) is 0 Å². The van der Waals surface area contributed by atoms with E-state index in [1.54, 1.807) is 7.11 Å². The highest BCUT2D eigenvalue weighted by Crippen LogP contribution is 2.52. The Hall–Kier alpha value is -1.35. The summed E-state index contributed by atoms with van der Waals surface area (Å²) >= 11 is 0. The summed E-state index contributed by atoms with van der Waals surface area (Å²) < 4.78 is 5.15. The Balaban J connectivity index is 1.81. The minimum absolute atomic E-state index is 0.252. The van der Waals surface area contributed by atoms with Crippen molar-refractivity contribution in [2.24, 2.45) is 5.41 Å². The maximum atomic E-state index is 12.9. The zero-order valence-corrected chi connectivity index (χ0v) is 13.3. The van der Waals surface area contributed by atoms with Crippen molar-refractivity contribution >= 4 is 5.91 Å². The number of carbonyl (C=O) groups excluding carboxylic acids is 1. The largest absolute Gasteiger partial charge is 0.385 e. The molecule has 1 saturated carbocycles. The summed E-state index contributed by atoms with van der Waals surface area (Å²) in [6.45, 7) is 6.35. The molecule has 0 saturated heterocycles. The van der Waals surface area contributed by atoms with E-state index in [1.165, 1.54) is 24.0 Å². The smallest absolute Gasteiger partial charge is 0.228 e. The lowest BCUT2D eigenvalue weighted by Crippen LogP contribution is -2.47. The first-order valence-electron chi connectivity index (χ1n) is 7.85. The van der Waals surface area contributed by atoms with E-state index < -0.39 is 0 Å². The van der Waals surface area contributed by atoms with Crippen LogP contribution >= 0.6 is 0 Å². The van der Waals surface area contributed by atoms with Gasteiger partial charge in [0.05, 0.1) is 0 Å². The van der Waals surface area contributed by atoms with Gasteiger partial charge in [-0.3, -0.25) is 4.79 Å². The standard InChI is InChI=1S/C18H25NO2/c1-17(2,10-11-21-3)16(20)19-12-14-6-4-5-7-15(14)18(13-19)8-9-18/h4-7H,8-13H2,1-3H3. The van der Waals surface area contributed by atoms with Gasteiger partial charge in [0.15, 0.2) is 0 Å². The topological polar surface area (TPSA) is 29.5 Å². The number of hydrogen-bond donors (Lipinski definition) is 0. The van der Waals surface area contributed by atoms with E-state index in [2.05, 4.69) is 29.2 Å². The Kier molecular flexibility index (Phi) is 3.56. The quantitative estimate of drug-likeness (QED) is 0.851. The molecule has 1 amide bonds. The Bertz CT molecular complexity index is 546. The van der Waals surface area contributed by atoms with Crippen LogP contribution < -0.4 is 0 Å². The number of benzene rings is 1. The molecule has 0 radical (unpaired) electrons. The van der Waals surface area contributed by atoms with Crippen molar-refractivity contribution in [3.05, 3.63) is 35.4 Å². The number of methoxy groups -OCH3 is 1. The van der Waals surface area contributed by atoms with Gasteiger partial charge in [0.1, 0.15) is 0 Å². The number of fused-ring (bicyclic) bond motifs is 2. The SMILES string of the molecule is COCCC(C)(C)C(=O)N1Cc2ccccc2C2(CC2)C1. The molecular formula is C18H25NO2. The number of nitrogens with zero attached hydrogens (tertiary/aromatic N) is 1. The molecule has 1 heterocycles. The van der Waals surface area contributed by atoms with E-state index >= 15 is 0 Å². The fraction of sp³-hybridized carbons (Fsp3) is 0.611. The van der Waals surface area contributed by atoms with E-state index in [1.807, 2.05) is 13.8 Å². The van der Waals surface area contributed by atoms with Crippen LogP contribution in [0.25, 0.3) is 0 Å². The summed E-state index contributed by atoms with van der Waals surface area (Å²) in [7, 11) is 1.69. The lowest BCUT2D eigenvalue weighted by molar-refractivity contribution is -0.143. The van der Waals surface area contributed by atoms with Crippen molar-refractivity contribution in [1.82, 2.24) is 4.90 Å². The first-order valence-corrected chi connectivity index (χ1v) is 7.85. The Morgan fingerprint density at radius 2 is 2.05 bits per heavy atom. The molecule has 0 bridgehead atoms. The van der Waals surface area contributed by atoms with E-state index in [0.717, 1.165) is 19.5 Å². The molecule has 3 heteroatoms. The monoisotopic (exact) mass is 287 g/mol. The van der Waals surface area contributed by atoms with Crippen molar-refractivity contribution < 1.29 is 9.53 Å². The maximum absolute atomic E-state index is 12.9. The van der Waals surface area contributed by atoms with Crippen LogP contribution in [0.4, 0.5) is 0 Å². The van der Waals surface area contributed by atoms with Crippen LogP contribution in [0.2, 0.25) is 0 Å². The molecule has 1 fully saturated rings. The van der Waals surface area contributed by atoms with Gasteiger partial charge in [-0.05, 0) is 30.4 Å². The van der Waals surface area contributed by atoms with Gasteiger partial charge in [0, 0.05) is 37.6 Å². The molecular weight excluding hydrogens is 262 g/mol. The number of carbonyl (C=O) groups is 1. The molecule has 3 rings (SSSR count). The molecule has 0 unspecified atom stereocenters. The molecule has 114 valence electrons. The fourth-order valence-electron chi connectivity index (χ4n) is 3.50. The molecule has 1 aliphatic heterocycles. The lowest BCUT2D eigenvalue weighted by atomic mass is 9.83. The lowest BCUT2D eigenvalue weighted by Gasteiger charge is -2.39. The highest BCUT2D eigenvalue weighted by atomic mass is 16.5. The first-order chi connectivity index (χ1) is 9.98. The Labute approximate surface area is 127 Å². The van der Waals surface area contributed by atoms with Gasteiger partial charge >= 0.3 is 0 Å². The zero-order valence-electron chi connectivity index (χ0n) is 13.3. The second-order valence-corrected chi connectivity index (χ2v) is 7.23. The second-order valence-electron chi connectivity index (χ2n) is 7.23. The van der Waals surface area contributed by atoms with Crippen molar-refractivity contribution in [2.75, 3.05) is 20.3 Å². The predicted octanol–water partition coefficient (Wildman–Crippen LogP) is 3.12. The molecule has 0 aromatic heterocycles. The average Bonchev–Trinajstić information content (AvgIpc) is 3.24. The minimum Gasteiger partial charge on any atom is -0.385 e. The van der Waals surface area contributed by atoms with Crippen LogP contribution in [-0.4, -0.2) is 31.1 Å². The molecule has 1 aromatic rings. The average molecular weight is 287 g/mol. The molecule has 1 spiro atoms. The molecule has 1 aliphatic carbocycles. The molecule has 3 nitrogen and oxygen atoms in total. The second kappa shape index (κ2) is 5.13. The number of amides is 1. The number of ether oxygens (including phenoxy) is 1.